The Bertz CT molecular complexity index is 1130. The minimum absolute atomic E-state index is 0.0556. The molecule has 32 heavy (non-hydrogen) atoms. The highest BCUT2D eigenvalue weighted by Crippen LogP contribution is 2.56. The number of allylic oxidation sites excluding steroid dienone is 1. The van der Waals surface area contributed by atoms with Crippen molar-refractivity contribution in [2.24, 2.45) is 10.9 Å². The molecule has 0 saturated heterocycles. The number of pyridine rings is 1. The largest absolute Gasteiger partial charge is 0.478 e. The Hall–Kier alpha value is -2.87. The quantitative estimate of drug-likeness (QED) is 0.641. The highest BCUT2D eigenvalue weighted by Gasteiger charge is 2.53. The molecule has 2 aliphatic rings. The van der Waals surface area contributed by atoms with Gasteiger partial charge < -0.3 is 14.7 Å². The molecule has 168 valence electrons. The van der Waals surface area contributed by atoms with Gasteiger partial charge in [-0.05, 0) is 61.7 Å². The number of carbonyl (C=O) groups is 1. The van der Waals surface area contributed by atoms with Crippen molar-refractivity contribution in [1.29, 1.82) is 0 Å². The van der Waals surface area contributed by atoms with E-state index in [2.05, 4.69) is 4.98 Å². The van der Waals surface area contributed by atoms with Gasteiger partial charge in [-0.15, -0.1) is 0 Å². The summed E-state index contributed by atoms with van der Waals surface area (Å²) in [6.07, 6.45) is 1.73. The molecule has 0 spiro atoms. The van der Waals surface area contributed by atoms with Crippen LogP contribution in [0.25, 0.3) is 0 Å². The molecule has 0 saturated carbocycles. The van der Waals surface area contributed by atoms with E-state index in [1.165, 1.54) is 6.07 Å². The van der Waals surface area contributed by atoms with Gasteiger partial charge in [0.2, 0.25) is 5.88 Å². The molecule has 6 nitrogen and oxygen atoms in total. The number of hydrogen-bond acceptors (Lipinski definition) is 6. The van der Waals surface area contributed by atoms with Crippen molar-refractivity contribution in [3.63, 3.8) is 0 Å². The third kappa shape index (κ3) is 3.56. The summed E-state index contributed by atoms with van der Waals surface area (Å²) >= 11 is 1.16. The first-order chi connectivity index (χ1) is 15.2. The Kier molecular flexibility index (Phi) is 5.75. The van der Waals surface area contributed by atoms with Crippen LogP contribution in [0.15, 0.2) is 52.1 Å². The van der Waals surface area contributed by atoms with Gasteiger partial charge in [0.05, 0.1) is 12.6 Å². The first-order valence-electron chi connectivity index (χ1n) is 10.6. The fourth-order valence-corrected chi connectivity index (χ4v) is 5.57. The summed E-state index contributed by atoms with van der Waals surface area (Å²) < 4.78 is 20.1. The lowest BCUT2D eigenvalue weighted by molar-refractivity contribution is -0.131. The van der Waals surface area contributed by atoms with Crippen molar-refractivity contribution in [2.75, 3.05) is 6.61 Å². The summed E-state index contributed by atoms with van der Waals surface area (Å²) in [5, 5.41) is 10.4. The van der Waals surface area contributed by atoms with Crippen molar-refractivity contribution >= 4 is 22.9 Å². The number of fused-ring (bicyclic) bond motifs is 1. The van der Waals surface area contributed by atoms with Gasteiger partial charge in [-0.25, -0.2) is 19.2 Å². The molecule has 2 unspecified atom stereocenters. The molecule has 1 N–H and O–H groups in total. The zero-order valence-corrected chi connectivity index (χ0v) is 19.5. The average Bonchev–Trinajstić information content (AvgIpc) is 3.24. The number of amidine groups is 1. The van der Waals surface area contributed by atoms with Gasteiger partial charge in [-0.3, -0.25) is 0 Å². The lowest BCUT2D eigenvalue weighted by Crippen LogP contribution is -2.36. The molecule has 2 atom stereocenters. The number of benzene rings is 1. The number of aryl methyl sites for hydroxylation is 1. The van der Waals surface area contributed by atoms with E-state index in [0.717, 1.165) is 22.9 Å². The van der Waals surface area contributed by atoms with Crippen LogP contribution in [0.3, 0.4) is 0 Å². The minimum Gasteiger partial charge on any atom is -0.478 e. The Balaban J connectivity index is 1.89. The van der Waals surface area contributed by atoms with Crippen LogP contribution in [0.4, 0.5) is 4.39 Å². The highest BCUT2D eigenvalue weighted by molar-refractivity contribution is 8.18. The molecule has 4 rings (SSSR count). The van der Waals surface area contributed by atoms with E-state index in [0.29, 0.717) is 28.9 Å². The molecule has 3 heterocycles. The van der Waals surface area contributed by atoms with E-state index < -0.39 is 17.6 Å². The van der Waals surface area contributed by atoms with Gasteiger partial charge in [0.25, 0.3) is 0 Å². The number of carboxylic acid groups (broad SMARTS) is 1. The molecular weight excluding hydrogens is 429 g/mol. The van der Waals surface area contributed by atoms with Gasteiger partial charge >= 0.3 is 5.97 Å². The van der Waals surface area contributed by atoms with E-state index >= 15 is 0 Å². The number of aromatic nitrogens is 1. The Morgan fingerprint density at radius 3 is 2.66 bits per heavy atom. The SMILES string of the molecule is CCOc1ccc(C2(C)N=C3SC(C(=O)O)=C(C(C)C)N3C2c2ccc(C)c(F)c2)cn1. The van der Waals surface area contributed by atoms with Crippen molar-refractivity contribution in [1.82, 2.24) is 9.88 Å². The summed E-state index contributed by atoms with van der Waals surface area (Å²) in [6.45, 7) is 10.0. The number of aliphatic imine (C=N–C) groups is 1. The number of nitrogens with zero attached hydrogens (tertiary/aromatic N) is 3. The molecule has 2 aliphatic heterocycles. The standard InChI is InChI=1S/C24H26FN3O3S/c1-6-31-18-10-9-16(12-26-18)24(5)21(15-8-7-14(4)17(25)11-15)28-19(13(2)3)20(22(29)30)32-23(28)27-24/h7-13,21H,6H2,1-5H3,(H,29,30). The fraction of sp³-hybridized carbons (Fsp3) is 0.375. The van der Waals surface area contributed by atoms with Crippen molar-refractivity contribution in [3.05, 3.63) is 69.6 Å². The first kappa shape index (κ1) is 22.3. The normalized spacial score (nSPS) is 22.4. The molecule has 1 aromatic carbocycles. The number of aliphatic carboxylic acids is 1. The van der Waals surface area contributed by atoms with Crippen molar-refractivity contribution in [2.45, 2.75) is 46.2 Å². The van der Waals surface area contributed by atoms with Crippen molar-refractivity contribution in [3.8, 4) is 5.88 Å². The third-order valence-corrected chi connectivity index (χ3v) is 6.93. The van der Waals surface area contributed by atoms with Crippen LogP contribution in [-0.2, 0) is 10.3 Å². The second-order valence-corrected chi connectivity index (χ2v) is 9.39. The van der Waals surface area contributed by atoms with Gasteiger partial charge in [0.1, 0.15) is 16.3 Å². The number of carboxylic acids is 1. The zero-order valence-electron chi connectivity index (χ0n) is 18.7. The molecule has 1 aromatic heterocycles. The smallest absolute Gasteiger partial charge is 0.344 e. The monoisotopic (exact) mass is 455 g/mol. The molecular formula is C24H26FN3O3S. The summed E-state index contributed by atoms with van der Waals surface area (Å²) in [7, 11) is 0. The lowest BCUT2D eigenvalue weighted by Gasteiger charge is -2.36. The van der Waals surface area contributed by atoms with Gasteiger partial charge in [0.15, 0.2) is 5.17 Å². The van der Waals surface area contributed by atoms with Gasteiger partial charge in [0, 0.05) is 23.5 Å². The maximum atomic E-state index is 14.6. The van der Waals surface area contributed by atoms with Gasteiger partial charge in [-0.1, -0.05) is 26.0 Å². The van der Waals surface area contributed by atoms with Crippen LogP contribution in [0, 0.1) is 18.7 Å². The predicted octanol–water partition coefficient (Wildman–Crippen LogP) is 5.25. The lowest BCUT2D eigenvalue weighted by atomic mass is 9.81. The Morgan fingerprint density at radius 2 is 2.09 bits per heavy atom. The average molecular weight is 456 g/mol. The number of thioether (sulfide) groups is 1. The second kappa shape index (κ2) is 8.24. The number of hydrogen-bond donors (Lipinski definition) is 1. The molecule has 0 amide bonds. The van der Waals surface area contributed by atoms with Crippen LogP contribution < -0.4 is 4.74 Å². The third-order valence-electron chi connectivity index (χ3n) is 5.88. The second-order valence-electron chi connectivity index (χ2n) is 8.42. The molecule has 8 heteroatoms. The predicted molar refractivity (Wildman–Crippen MR) is 123 cm³/mol. The highest BCUT2D eigenvalue weighted by atomic mass is 32.2. The molecule has 2 aromatic rings. The van der Waals surface area contributed by atoms with Crippen LogP contribution >= 0.6 is 11.8 Å². The first-order valence-corrected chi connectivity index (χ1v) is 11.4. The van der Waals surface area contributed by atoms with E-state index in [4.69, 9.17) is 9.73 Å². The van der Waals surface area contributed by atoms with Crippen molar-refractivity contribution < 1.29 is 19.0 Å². The number of halogens is 1. The van der Waals surface area contributed by atoms with Crippen LogP contribution in [0.5, 0.6) is 5.88 Å². The maximum absolute atomic E-state index is 14.6. The Morgan fingerprint density at radius 1 is 1.34 bits per heavy atom. The van der Waals surface area contributed by atoms with Crippen LogP contribution in [0.2, 0.25) is 0 Å². The zero-order chi connectivity index (χ0) is 23.2. The summed E-state index contributed by atoms with van der Waals surface area (Å²) in [6, 6.07) is 8.47. The van der Waals surface area contributed by atoms with Gasteiger partial charge in [-0.2, -0.15) is 0 Å². The van der Waals surface area contributed by atoms with E-state index in [9.17, 15) is 14.3 Å². The summed E-state index contributed by atoms with van der Waals surface area (Å²) in [5.41, 5.74) is 2.02. The maximum Gasteiger partial charge on any atom is 0.344 e. The van der Waals surface area contributed by atoms with E-state index in [1.807, 2.05) is 44.7 Å². The van der Waals surface area contributed by atoms with Crippen LogP contribution in [-0.4, -0.2) is 32.7 Å². The topological polar surface area (TPSA) is 75.0 Å². The molecule has 0 aliphatic carbocycles. The van der Waals surface area contributed by atoms with E-state index in [1.54, 1.807) is 25.3 Å². The van der Waals surface area contributed by atoms with E-state index in [-0.39, 0.29) is 16.6 Å². The molecule has 0 fully saturated rings. The summed E-state index contributed by atoms with van der Waals surface area (Å²) in [5.74, 6) is -0.813. The number of ether oxygens (including phenoxy) is 1. The molecule has 0 bridgehead atoms. The van der Waals surface area contributed by atoms with Crippen LogP contribution in [0.1, 0.15) is 50.4 Å². The Labute approximate surface area is 191 Å². The molecule has 0 radical (unpaired) electrons. The number of rotatable bonds is 6. The minimum atomic E-state index is -0.978. The fourth-order valence-electron chi connectivity index (χ4n) is 4.32. The summed E-state index contributed by atoms with van der Waals surface area (Å²) in [4.78, 5) is 23.6.